The van der Waals surface area contributed by atoms with Gasteiger partial charge in [-0.3, -0.25) is 9.52 Å². The van der Waals surface area contributed by atoms with Crippen molar-refractivity contribution in [2.45, 2.75) is 11.8 Å². The van der Waals surface area contributed by atoms with Crippen molar-refractivity contribution >= 4 is 27.3 Å². The molecule has 0 aliphatic heterocycles. The van der Waals surface area contributed by atoms with Crippen molar-refractivity contribution in [3.05, 3.63) is 84.2 Å². The van der Waals surface area contributed by atoms with Crippen molar-refractivity contribution in [2.75, 3.05) is 16.6 Å². The number of benzene rings is 3. The van der Waals surface area contributed by atoms with Crippen LogP contribution in [-0.2, 0) is 10.0 Å². The van der Waals surface area contributed by atoms with Gasteiger partial charge >= 0.3 is 0 Å². The number of carbonyl (C=O) groups excluding carboxylic acids is 1. The standard InChI is InChI=1S/C21H19FN2O4S/c1-2-28-19-11-3-15(4-12-19)21(25)23-17-9-13-20(14-10-17)29(26,27)24-18-7-5-16(22)6-8-18/h3-14,24H,2H2,1H3,(H,23,25). The lowest BCUT2D eigenvalue weighted by Crippen LogP contribution is -2.14. The second-order valence-corrected chi connectivity index (χ2v) is 7.73. The average molecular weight is 414 g/mol. The molecule has 0 aliphatic rings. The van der Waals surface area contributed by atoms with Crippen LogP contribution in [0.2, 0.25) is 0 Å². The van der Waals surface area contributed by atoms with E-state index in [0.717, 1.165) is 12.1 Å². The van der Waals surface area contributed by atoms with Gasteiger partial charge in [0.15, 0.2) is 0 Å². The lowest BCUT2D eigenvalue weighted by molar-refractivity contribution is 0.102. The quantitative estimate of drug-likeness (QED) is 0.604. The molecule has 8 heteroatoms. The van der Waals surface area contributed by atoms with Crippen LogP contribution in [0.5, 0.6) is 5.75 Å². The van der Waals surface area contributed by atoms with Crippen molar-refractivity contribution in [1.82, 2.24) is 0 Å². The summed E-state index contributed by atoms with van der Waals surface area (Å²) in [6.07, 6.45) is 0. The van der Waals surface area contributed by atoms with Crippen LogP contribution in [0.4, 0.5) is 15.8 Å². The minimum Gasteiger partial charge on any atom is -0.494 e. The van der Waals surface area contributed by atoms with Gasteiger partial charge in [0.25, 0.3) is 15.9 Å². The number of anilines is 2. The monoisotopic (exact) mass is 414 g/mol. The van der Waals surface area contributed by atoms with Crippen molar-refractivity contribution in [3.63, 3.8) is 0 Å². The molecular formula is C21H19FN2O4S. The Morgan fingerprint density at radius 3 is 2.07 bits per heavy atom. The van der Waals surface area contributed by atoms with Crippen LogP contribution in [-0.4, -0.2) is 20.9 Å². The van der Waals surface area contributed by atoms with Crippen molar-refractivity contribution in [1.29, 1.82) is 0 Å². The summed E-state index contributed by atoms with van der Waals surface area (Å²) in [5.41, 5.74) is 1.15. The van der Waals surface area contributed by atoms with Crippen LogP contribution in [0, 0.1) is 5.82 Å². The minimum absolute atomic E-state index is 0.0147. The second-order valence-electron chi connectivity index (χ2n) is 6.05. The third-order valence-corrected chi connectivity index (χ3v) is 5.34. The number of sulfonamides is 1. The van der Waals surface area contributed by atoms with E-state index in [0.29, 0.717) is 23.6 Å². The largest absolute Gasteiger partial charge is 0.494 e. The Morgan fingerprint density at radius 2 is 1.48 bits per heavy atom. The summed E-state index contributed by atoms with van der Waals surface area (Å²) in [5.74, 6) is -0.110. The molecule has 0 fully saturated rings. The molecule has 0 spiro atoms. The van der Waals surface area contributed by atoms with Crippen LogP contribution in [0.25, 0.3) is 0 Å². The van der Waals surface area contributed by atoms with Gasteiger partial charge < -0.3 is 10.1 Å². The van der Waals surface area contributed by atoms with E-state index in [4.69, 9.17) is 4.74 Å². The summed E-state index contributed by atoms with van der Waals surface area (Å²) >= 11 is 0. The van der Waals surface area contributed by atoms with Crippen LogP contribution >= 0.6 is 0 Å². The van der Waals surface area contributed by atoms with Crippen LogP contribution < -0.4 is 14.8 Å². The fraction of sp³-hybridized carbons (Fsp3) is 0.0952. The Kier molecular flexibility index (Phi) is 6.13. The van der Waals surface area contributed by atoms with E-state index in [1.54, 1.807) is 24.3 Å². The first kappa shape index (κ1) is 20.3. The van der Waals surface area contributed by atoms with Gasteiger partial charge in [0, 0.05) is 16.9 Å². The third-order valence-electron chi connectivity index (χ3n) is 3.95. The summed E-state index contributed by atoms with van der Waals surface area (Å²) < 4.78 is 45.5. The van der Waals surface area contributed by atoms with E-state index in [9.17, 15) is 17.6 Å². The molecule has 150 valence electrons. The number of nitrogens with one attached hydrogen (secondary N) is 2. The van der Waals surface area contributed by atoms with Crippen molar-refractivity contribution < 1.29 is 22.3 Å². The average Bonchev–Trinajstić information content (AvgIpc) is 2.71. The number of rotatable bonds is 7. The number of ether oxygens (including phenoxy) is 1. The van der Waals surface area contributed by atoms with E-state index in [1.807, 2.05) is 6.92 Å². The Balaban J connectivity index is 1.67. The van der Waals surface area contributed by atoms with Gasteiger partial charge in [-0.1, -0.05) is 0 Å². The van der Waals surface area contributed by atoms with E-state index in [2.05, 4.69) is 10.0 Å². The predicted octanol–water partition coefficient (Wildman–Crippen LogP) is 4.28. The van der Waals surface area contributed by atoms with Crippen LogP contribution in [0.15, 0.2) is 77.7 Å². The molecule has 29 heavy (non-hydrogen) atoms. The Morgan fingerprint density at radius 1 is 0.897 bits per heavy atom. The maximum atomic E-state index is 13.0. The molecule has 0 atom stereocenters. The zero-order valence-corrected chi connectivity index (χ0v) is 16.4. The fourth-order valence-corrected chi connectivity index (χ4v) is 3.58. The molecule has 0 aromatic heterocycles. The van der Waals surface area contributed by atoms with Gasteiger partial charge in [-0.05, 0) is 79.7 Å². The fourth-order valence-electron chi connectivity index (χ4n) is 2.52. The van der Waals surface area contributed by atoms with Gasteiger partial charge in [0.1, 0.15) is 11.6 Å². The number of halogens is 1. The lowest BCUT2D eigenvalue weighted by Gasteiger charge is -2.10. The van der Waals surface area contributed by atoms with E-state index >= 15 is 0 Å². The zero-order chi connectivity index (χ0) is 20.9. The van der Waals surface area contributed by atoms with E-state index < -0.39 is 15.8 Å². The molecule has 2 N–H and O–H groups in total. The first-order valence-electron chi connectivity index (χ1n) is 8.80. The van der Waals surface area contributed by atoms with Gasteiger partial charge in [-0.25, -0.2) is 12.8 Å². The highest BCUT2D eigenvalue weighted by molar-refractivity contribution is 7.92. The summed E-state index contributed by atoms with van der Waals surface area (Å²) in [4.78, 5) is 12.3. The van der Waals surface area contributed by atoms with E-state index in [1.165, 1.54) is 36.4 Å². The highest BCUT2D eigenvalue weighted by Gasteiger charge is 2.15. The lowest BCUT2D eigenvalue weighted by atomic mass is 10.2. The van der Waals surface area contributed by atoms with Gasteiger partial charge in [-0.15, -0.1) is 0 Å². The molecular weight excluding hydrogens is 395 g/mol. The highest BCUT2D eigenvalue weighted by Crippen LogP contribution is 2.19. The molecule has 0 saturated heterocycles. The summed E-state index contributed by atoms with van der Waals surface area (Å²) in [6, 6.07) is 17.4. The summed E-state index contributed by atoms with van der Waals surface area (Å²) in [6.45, 7) is 2.41. The van der Waals surface area contributed by atoms with Crippen molar-refractivity contribution in [3.8, 4) is 5.75 Å². The number of carbonyl (C=O) groups is 1. The predicted molar refractivity (Wildman–Crippen MR) is 109 cm³/mol. The number of hydrogen-bond acceptors (Lipinski definition) is 4. The van der Waals surface area contributed by atoms with Crippen LogP contribution in [0.3, 0.4) is 0 Å². The Bertz CT molecular complexity index is 1080. The van der Waals surface area contributed by atoms with Gasteiger partial charge in [-0.2, -0.15) is 0 Å². The topological polar surface area (TPSA) is 84.5 Å². The highest BCUT2D eigenvalue weighted by atomic mass is 32.2. The molecule has 3 rings (SSSR count). The Hall–Kier alpha value is -3.39. The smallest absolute Gasteiger partial charge is 0.261 e. The third kappa shape index (κ3) is 5.32. The molecule has 0 bridgehead atoms. The SMILES string of the molecule is CCOc1ccc(C(=O)Nc2ccc(S(=O)(=O)Nc3ccc(F)cc3)cc2)cc1. The molecule has 6 nitrogen and oxygen atoms in total. The summed E-state index contributed by atoms with van der Waals surface area (Å²) in [5, 5.41) is 2.71. The van der Waals surface area contributed by atoms with Crippen LogP contribution in [0.1, 0.15) is 17.3 Å². The molecule has 0 heterocycles. The first-order chi connectivity index (χ1) is 13.9. The molecule has 1 amide bonds. The molecule has 3 aromatic rings. The summed E-state index contributed by atoms with van der Waals surface area (Å²) in [7, 11) is -3.83. The number of hydrogen-bond donors (Lipinski definition) is 2. The van der Waals surface area contributed by atoms with Gasteiger partial charge in [0.05, 0.1) is 11.5 Å². The van der Waals surface area contributed by atoms with Crippen molar-refractivity contribution in [2.24, 2.45) is 0 Å². The maximum Gasteiger partial charge on any atom is 0.261 e. The molecule has 0 unspecified atom stereocenters. The molecule has 3 aromatic carbocycles. The molecule has 0 aliphatic carbocycles. The van der Waals surface area contributed by atoms with E-state index in [-0.39, 0.29) is 16.5 Å². The minimum atomic E-state index is -3.83. The zero-order valence-electron chi connectivity index (χ0n) is 15.6. The molecule has 0 radical (unpaired) electrons. The Labute approximate surface area is 168 Å². The normalized spacial score (nSPS) is 11.0. The maximum absolute atomic E-state index is 13.0. The molecule has 0 saturated carbocycles. The second kappa shape index (κ2) is 8.74. The number of amides is 1. The van der Waals surface area contributed by atoms with Gasteiger partial charge in [0.2, 0.25) is 0 Å². The first-order valence-corrected chi connectivity index (χ1v) is 10.3.